The molecule has 0 aromatic heterocycles. The molecular weight excluding hydrogens is 164 g/mol. The van der Waals surface area contributed by atoms with Crippen LogP contribution in [0.5, 0.6) is 0 Å². The highest BCUT2D eigenvalue weighted by molar-refractivity contribution is 5.71. The van der Waals surface area contributed by atoms with Crippen molar-refractivity contribution in [3.05, 3.63) is 42.3 Å². The van der Waals surface area contributed by atoms with Crippen molar-refractivity contribution in [1.29, 1.82) is 0 Å². The molecule has 1 unspecified atom stereocenters. The van der Waals surface area contributed by atoms with Gasteiger partial charge in [-0.3, -0.25) is 4.79 Å². The minimum absolute atomic E-state index is 0.385. The van der Waals surface area contributed by atoms with Gasteiger partial charge in [-0.2, -0.15) is 0 Å². The number of hydrogen-bond donors (Lipinski definition) is 1. The molecule has 0 heterocycles. The van der Waals surface area contributed by atoms with E-state index in [1.165, 1.54) is 0 Å². The van der Waals surface area contributed by atoms with Gasteiger partial charge in [0.25, 0.3) is 0 Å². The summed E-state index contributed by atoms with van der Waals surface area (Å²) in [6, 6.07) is 7.70. The molecule has 0 fully saturated rings. The zero-order chi connectivity index (χ0) is 9.84. The van der Waals surface area contributed by atoms with Crippen molar-refractivity contribution in [2.75, 3.05) is 0 Å². The average Bonchev–Trinajstić information content (AvgIpc) is 2.08. The van der Waals surface area contributed by atoms with Gasteiger partial charge in [-0.05, 0) is 25.8 Å². The smallest absolute Gasteiger partial charge is 0.307 e. The molecule has 1 rings (SSSR count). The Morgan fingerprint density at radius 3 is 2.46 bits per heavy atom. The maximum absolute atomic E-state index is 10.4. The van der Waals surface area contributed by atoms with E-state index in [0.717, 1.165) is 11.1 Å². The van der Waals surface area contributed by atoms with Crippen LogP contribution in [0.25, 0.3) is 0 Å². The van der Waals surface area contributed by atoms with Crippen molar-refractivity contribution in [3.8, 4) is 0 Å². The van der Waals surface area contributed by atoms with Crippen molar-refractivity contribution in [2.24, 2.45) is 5.92 Å². The van der Waals surface area contributed by atoms with Crippen molar-refractivity contribution >= 4 is 5.97 Å². The Bertz CT molecular complexity index is 287. The Balaban J connectivity index is 2.64. The second-order valence-electron chi connectivity index (χ2n) is 3.13. The Morgan fingerprint density at radius 1 is 1.46 bits per heavy atom. The van der Waals surface area contributed by atoms with Gasteiger partial charge >= 0.3 is 5.97 Å². The van der Waals surface area contributed by atoms with Crippen LogP contribution in [0, 0.1) is 19.8 Å². The van der Waals surface area contributed by atoms with Crippen LogP contribution in [-0.4, -0.2) is 11.1 Å². The Kier molecular flexibility index (Phi) is 3.07. The van der Waals surface area contributed by atoms with Gasteiger partial charge in [-0.15, -0.1) is 0 Å². The van der Waals surface area contributed by atoms with Gasteiger partial charge in [0, 0.05) is 0 Å². The van der Waals surface area contributed by atoms with Crippen LogP contribution in [-0.2, 0) is 11.2 Å². The first-order chi connectivity index (χ1) is 6.09. The maximum Gasteiger partial charge on any atom is 0.307 e. The van der Waals surface area contributed by atoms with Crippen LogP contribution < -0.4 is 0 Å². The second-order valence-corrected chi connectivity index (χ2v) is 3.13. The van der Waals surface area contributed by atoms with Gasteiger partial charge in [-0.25, -0.2) is 0 Å². The normalized spacial score (nSPS) is 12.5. The van der Waals surface area contributed by atoms with E-state index in [4.69, 9.17) is 12.0 Å². The zero-order valence-corrected chi connectivity index (χ0v) is 7.53. The first-order valence-corrected chi connectivity index (χ1v) is 4.13. The third-order valence-corrected chi connectivity index (χ3v) is 1.89. The quantitative estimate of drug-likeness (QED) is 0.764. The molecule has 0 aliphatic carbocycles. The minimum atomic E-state index is -0.958. The van der Waals surface area contributed by atoms with Crippen LogP contribution in [0.4, 0.5) is 0 Å². The summed E-state index contributed by atoms with van der Waals surface area (Å²) in [7, 11) is 0. The average molecular weight is 176 g/mol. The first-order valence-electron chi connectivity index (χ1n) is 4.13. The van der Waals surface area contributed by atoms with Crippen molar-refractivity contribution in [1.82, 2.24) is 0 Å². The summed E-state index contributed by atoms with van der Waals surface area (Å²) >= 11 is 0. The first kappa shape index (κ1) is 9.78. The molecule has 0 saturated carbocycles. The lowest BCUT2D eigenvalue weighted by molar-refractivity contribution is -0.140. The molecule has 0 bridgehead atoms. The standard InChI is InChI=1S/C11H12O2/c1-8-3-5-10(6-4-8)7-9(2)11(12)13/h2-6,9H,7H2,1H3,(H,12,13). The van der Waals surface area contributed by atoms with Crippen LogP contribution in [0.1, 0.15) is 11.1 Å². The number of carbonyl (C=O) groups is 1. The molecule has 1 N–H and O–H groups in total. The maximum atomic E-state index is 10.4. The number of aryl methyl sites for hydroxylation is 1. The minimum Gasteiger partial charge on any atom is -0.481 e. The van der Waals surface area contributed by atoms with Crippen molar-refractivity contribution < 1.29 is 9.90 Å². The predicted molar refractivity (Wildman–Crippen MR) is 50.3 cm³/mol. The summed E-state index contributed by atoms with van der Waals surface area (Å²) in [6.07, 6.45) is 0.385. The monoisotopic (exact) mass is 176 g/mol. The summed E-state index contributed by atoms with van der Waals surface area (Å²) in [5.74, 6) is -1.76. The fourth-order valence-corrected chi connectivity index (χ4v) is 1.07. The molecule has 2 nitrogen and oxygen atoms in total. The Hall–Kier alpha value is -1.31. The lowest BCUT2D eigenvalue weighted by Gasteiger charge is -2.05. The molecule has 1 aromatic rings. The van der Waals surface area contributed by atoms with Gasteiger partial charge < -0.3 is 5.11 Å². The summed E-state index contributed by atoms with van der Waals surface area (Å²) in [5, 5.41) is 8.57. The van der Waals surface area contributed by atoms with Crippen molar-refractivity contribution in [2.45, 2.75) is 13.3 Å². The number of carboxylic acids is 1. The van der Waals surface area contributed by atoms with Gasteiger partial charge in [0.15, 0.2) is 0 Å². The van der Waals surface area contributed by atoms with E-state index in [-0.39, 0.29) is 0 Å². The van der Waals surface area contributed by atoms with Gasteiger partial charge in [0.05, 0.1) is 5.92 Å². The van der Waals surface area contributed by atoms with E-state index >= 15 is 0 Å². The summed E-state index contributed by atoms with van der Waals surface area (Å²) in [6.45, 7) is 7.37. The van der Waals surface area contributed by atoms with E-state index in [9.17, 15) is 4.79 Å². The number of carboxylic acid groups (broad SMARTS) is 1. The zero-order valence-electron chi connectivity index (χ0n) is 7.53. The lowest BCUT2D eigenvalue weighted by Crippen LogP contribution is -2.12. The fraction of sp³-hybridized carbons (Fsp3) is 0.273. The highest BCUT2D eigenvalue weighted by atomic mass is 16.4. The van der Waals surface area contributed by atoms with E-state index in [1.807, 2.05) is 31.2 Å². The molecule has 1 aromatic carbocycles. The molecule has 68 valence electrons. The molecule has 2 radical (unpaired) electrons. The van der Waals surface area contributed by atoms with Crippen LogP contribution in [0.2, 0.25) is 0 Å². The van der Waals surface area contributed by atoms with E-state index in [1.54, 1.807) is 0 Å². The summed E-state index contributed by atoms with van der Waals surface area (Å²) in [5.41, 5.74) is 2.12. The molecule has 0 aliphatic heterocycles. The Labute approximate surface area is 78.2 Å². The van der Waals surface area contributed by atoms with Gasteiger partial charge in [0.1, 0.15) is 0 Å². The van der Waals surface area contributed by atoms with Crippen LogP contribution in [0.15, 0.2) is 24.3 Å². The van der Waals surface area contributed by atoms with Gasteiger partial charge in [0.2, 0.25) is 0 Å². The van der Waals surface area contributed by atoms with E-state index in [0.29, 0.717) is 6.42 Å². The van der Waals surface area contributed by atoms with E-state index in [2.05, 4.69) is 0 Å². The van der Waals surface area contributed by atoms with Crippen LogP contribution >= 0.6 is 0 Å². The summed E-state index contributed by atoms with van der Waals surface area (Å²) < 4.78 is 0. The van der Waals surface area contributed by atoms with Crippen LogP contribution in [0.3, 0.4) is 0 Å². The molecule has 13 heavy (non-hydrogen) atoms. The second kappa shape index (κ2) is 4.08. The SMILES string of the molecule is [CH]C(Cc1ccc(C)cc1)C(=O)O. The molecule has 1 atom stereocenters. The Morgan fingerprint density at radius 2 is 2.00 bits per heavy atom. The van der Waals surface area contributed by atoms with E-state index < -0.39 is 11.9 Å². The third-order valence-electron chi connectivity index (χ3n) is 1.89. The molecule has 0 amide bonds. The lowest BCUT2D eigenvalue weighted by atomic mass is 10.0. The number of benzene rings is 1. The van der Waals surface area contributed by atoms with Crippen molar-refractivity contribution in [3.63, 3.8) is 0 Å². The fourth-order valence-electron chi connectivity index (χ4n) is 1.07. The summed E-state index contributed by atoms with van der Waals surface area (Å²) in [4.78, 5) is 10.4. The third kappa shape index (κ3) is 2.90. The largest absolute Gasteiger partial charge is 0.481 e. The highest BCUT2D eigenvalue weighted by Crippen LogP contribution is 2.09. The molecule has 0 aliphatic rings. The highest BCUT2D eigenvalue weighted by Gasteiger charge is 2.11. The predicted octanol–water partition coefficient (Wildman–Crippen LogP) is 1.95. The number of hydrogen-bond acceptors (Lipinski definition) is 1. The topological polar surface area (TPSA) is 37.3 Å². The molecule has 0 saturated heterocycles. The van der Waals surface area contributed by atoms with Gasteiger partial charge in [-0.1, -0.05) is 29.8 Å². The molecular formula is C11H12O2. The number of aliphatic carboxylic acids is 1. The number of rotatable bonds is 3. The molecule has 0 spiro atoms. The molecule has 2 heteroatoms.